The topological polar surface area (TPSA) is 97.9 Å². The molecule has 0 unspecified atom stereocenters. The SMILES string of the molecule is COc1ccc2c(c1)C[C@H](C(=O)Nc1ccc(-c3cn[nH]c3)cc1OCCN1CCOCC1)CO2. The number of aromatic nitrogens is 2. The average Bonchev–Trinajstić information content (AvgIpc) is 3.44. The van der Waals surface area contributed by atoms with Crippen molar-refractivity contribution < 1.29 is 23.7 Å². The molecule has 2 aromatic carbocycles. The Hall–Kier alpha value is -3.56. The third-order valence-electron chi connectivity index (χ3n) is 6.38. The molecule has 5 rings (SSSR count). The highest BCUT2D eigenvalue weighted by Gasteiger charge is 2.27. The zero-order valence-electron chi connectivity index (χ0n) is 19.8. The predicted molar refractivity (Wildman–Crippen MR) is 131 cm³/mol. The molecule has 9 heteroatoms. The van der Waals surface area contributed by atoms with Crippen LogP contribution in [0.1, 0.15) is 5.56 Å². The summed E-state index contributed by atoms with van der Waals surface area (Å²) in [6.45, 7) is 4.92. The lowest BCUT2D eigenvalue weighted by Crippen LogP contribution is -2.38. The molecule has 1 atom stereocenters. The Bertz CT molecular complexity index is 1140. The molecule has 2 N–H and O–H groups in total. The van der Waals surface area contributed by atoms with Gasteiger partial charge in [-0.3, -0.25) is 14.8 Å². The fourth-order valence-electron chi connectivity index (χ4n) is 4.34. The molecular weight excluding hydrogens is 448 g/mol. The van der Waals surface area contributed by atoms with Gasteiger partial charge in [-0.15, -0.1) is 0 Å². The van der Waals surface area contributed by atoms with E-state index in [9.17, 15) is 4.79 Å². The summed E-state index contributed by atoms with van der Waals surface area (Å²) >= 11 is 0. The van der Waals surface area contributed by atoms with Gasteiger partial charge in [-0.1, -0.05) is 6.07 Å². The number of carbonyl (C=O) groups is 1. The number of amides is 1. The van der Waals surface area contributed by atoms with Gasteiger partial charge in [0.1, 0.15) is 30.5 Å². The number of methoxy groups -OCH3 is 1. The van der Waals surface area contributed by atoms with Gasteiger partial charge in [0.15, 0.2) is 0 Å². The van der Waals surface area contributed by atoms with E-state index in [1.165, 1.54) is 0 Å². The smallest absolute Gasteiger partial charge is 0.231 e. The summed E-state index contributed by atoms with van der Waals surface area (Å²) in [6, 6.07) is 11.4. The van der Waals surface area contributed by atoms with Gasteiger partial charge >= 0.3 is 0 Å². The van der Waals surface area contributed by atoms with Crippen molar-refractivity contribution in [1.82, 2.24) is 15.1 Å². The molecule has 2 aliphatic heterocycles. The third-order valence-corrected chi connectivity index (χ3v) is 6.38. The molecular formula is C26H30N4O5. The van der Waals surface area contributed by atoms with Crippen LogP contribution in [-0.4, -0.2) is 74.2 Å². The quantitative estimate of drug-likeness (QED) is 0.514. The Labute approximate surface area is 204 Å². The molecule has 0 saturated carbocycles. The van der Waals surface area contributed by atoms with E-state index in [-0.39, 0.29) is 11.8 Å². The maximum Gasteiger partial charge on any atom is 0.231 e. The number of hydrogen-bond donors (Lipinski definition) is 2. The van der Waals surface area contributed by atoms with E-state index in [0.29, 0.717) is 31.1 Å². The van der Waals surface area contributed by atoms with Crippen molar-refractivity contribution in [3.8, 4) is 28.4 Å². The van der Waals surface area contributed by atoms with Gasteiger partial charge in [-0.2, -0.15) is 5.10 Å². The summed E-state index contributed by atoms with van der Waals surface area (Å²) in [7, 11) is 1.63. The Morgan fingerprint density at radius 1 is 1.20 bits per heavy atom. The lowest BCUT2D eigenvalue weighted by Gasteiger charge is -2.27. The number of rotatable bonds is 8. The number of carbonyl (C=O) groups excluding carboxylic acids is 1. The fourth-order valence-corrected chi connectivity index (χ4v) is 4.34. The Balaban J connectivity index is 1.29. The Morgan fingerprint density at radius 3 is 2.89 bits per heavy atom. The zero-order valence-corrected chi connectivity index (χ0v) is 19.8. The van der Waals surface area contributed by atoms with Crippen LogP contribution in [0.15, 0.2) is 48.8 Å². The largest absolute Gasteiger partial charge is 0.497 e. The van der Waals surface area contributed by atoms with Crippen molar-refractivity contribution in [3.63, 3.8) is 0 Å². The number of ether oxygens (including phenoxy) is 4. The lowest BCUT2D eigenvalue weighted by atomic mass is 9.95. The molecule has 1 saturated heterocycles. The molecule has 2 aliphatic rings. The maximum atomic E-state index is 13.2. The first kappa shape index (κ1) is 23.2. The first-order valence-electron chi connectivity index (χ1n) is 11.9. The molecule has 9 nitrogen and oxygen atoms in total. The minimum atomic E-state index is -0.315. The molecule has 0 aliphatic carbocycles. The number of morpholine rings is 1. The number of H-pyrrole nitrogens is 1. The second-order valence-corrected chi connectivity index (χ2v) is 8.68. The van der Waals surface area contributed by atoms with Crippen LogP contribution in [0.3, 0.4) is 0 Å². The number of aromatic amines is 1. The highest BCUT2D eigenvalue weighted by molar-refractivity contribution is 5.95. The molecule has 3 heterocycles. The van der Waals surface area contributed by atoms with Crippen LogP contribution < -0.4 is 19.5 Å². The van der Waals surface area contributed by atoms with E-state index in [0.717, 1.165) is 61.0 Å². The Kier molecular flexibility index (Phi) is 7.15. The van der Waals surface area contributed by atoms with Gasteiger partial charge in [-0.05, 0) is 47.9 Å². The van der Waals surface area contributed by atoms with Gasteiger partial charge in [-0.25, -0.2) is 0 Å². The molecule has 1 aromatic heterocycles. The summed E-state index contributed by atoms with van der Waals surface area (Å²) in [4.78, 5) is 15.5. The van der Waals surface area contributed by atoms with E-state index in [1.807, 2.05) is 42.6 Å². The fraction of sp³-hybridized carbons (Fsp3) is 0.385. The second-order valence-electron chi connectivity index (χ2n) is 8.68. The van der Waals surface area contributed by atoms with E-state index < -0.39 is 0 Å². The van der Waals surface area contributed by atoms with Crippen molar-refractivity contribution >= 4 is 11.6 Å². The number of anilines is 1. The van der Waals surface area contributed by atoms with Crippen LogP contribution >= 0.6 is 0 Å². The summed E-state index contributed by atoms with van der Waals surface area (Å²) in [6.07, 6.45) is 4.17. The second kappa shape index (κ2) is 10.8. The van der Waals surface area contributed by atoms with Crippen molar-refractivity contribution in [3.05, 3.63) is 54.4 Å². The van der Waals surface area contributed by atoms with Crippen LogP contribution in [0.5, 0.6) is 17.2 Å². The maximum absolute atomic E-state index is 13.2. The molecule has 1 fully saturated rings. The number of nitrogens with zero attached hydrogens (tertiary/aromatic N) is 2. The lowest BCUT2D eigenvalue weighted by molar-refractivity contribution is -0.121. The van der Waals surface area contributed by atoms with Gasteiger partial charge < -0.3 is 24.3 Å². The highest BCUT2D eigenvalue weighted by atomic mass is 16.5. The van der Waals surface area contributed by atoms with E-state index >= 15 is 0 Å². The van der Waals surface area contributed by atoms with Crippen molar-refractivity contribution in [1.29, 1.82) is 0 Å². The van der Waals surface area contributed by atoms with Crippen LogP contribution in [0.25, 0.3) is 11.1 Å². The molecule has 35 heavy (non-hydrogen) atoms. The molecule has 0 spiro atoms. The third kappa shape index (κ3) is 5.58. The molecule has 184 valence electrons. The molecule has 0 bridgehead atoms. The van der Waals surface area contributed by atoms with Gasteiger partial charge in [0.25, 0.3) is 0 Å². The van der Waals surface area contributed by atoms with Crippen molar-refractivity contribution in [2.75, 3.05) is 58.5 Å². The predicted octanol–water partition coefficient (Wildman–Crippen LogP) is 2.99. The zero-order chi connectivity index (χ0) is 24.0. The highest BCUT2D eigenvalue weighted by Crippen LogP contribution is 2.34. The molecule has 0 radical (unpaired) electrons. The monoisotopic (exact) mass is 478 g/mol. The van der Waals surface area contributed by atoms with Gasteiger partial charge in [0.05, 0.1) is 38.1 Å². The number of hydrogen-bond acceptors (Lipinski definition) is 7. The molecule has 3 aromatic rings. The van der Waals surface area contributed by atoms with E-state index in [4.69, 9.17) is 18.9 Å². The first-order valence-corrected chi connectivity index (χ1v) is 11.9. The van der Waals surface area contributed by atoms with Crippen LogP contribution in [0.2, 0.25) is 0 Å². The summed E-state index contributed by atoms with van der Waals surface area (Å²) in [5.74, 6) is 1.76. The number of fused-ring (bicyclic) bond motifs is 1. The van der Waals surface area contributed by atoms with Gasteiger partial charge in [0.2, 0.25) is 5.91 Å². The Morgan fingerprint density at radius 2 is 2.09 bits per heavy atom. The van der Waals surface area contributed by atoms with Crippen LogP contribution in [0.4, 0.5) is 5.69 Å². The standard InChI is InChI=1S/C26H30N4O5/c1-32-22-3-5-24-19(13-22)12-20(17-35-24)26(31)29-23-4-2-18(21-15-27-28-16-21)14-25(23)34-11-8-30-6-9-33-10-7-30/h2-5,13-16,20H,6-12,17H2,1H3,(H,27,28)(H,29,31)/t20-/m0/s1. The first-order chi connectivity index (χ1) is 17.2. The summed E-state index contributed by atoms with van der Waals surface area (Å²) in [5, 5.41) is 9.94. The molecule has 1 amide bonds. The number of nitrogens with one attached hydrogen (secondary N) is 2. The van der Waals surface area contributed by atoms with Gasteiger partial charge in [0, 0.05) is 31.4 Å². The van der Waals surface area contributed by atoms with E-state index in [2.05, 4.69) is 20.4 Å². The van der Waals surface area contributed by atoms with Crippen molar-refractivity contribution in [2.24, 2.45) is 5.92 Å². The van der Waals surface area contributed by atoms with Crippen LogP contribution in [-0.2, 0) is 16.0 Å². The normalized spacial score (nSPS) is 17.8. The van der Waals surface area contributed by atoms with Crippen LogP contribution in [0, 0.1) is 5.92 Å². The average molecular weight is 479 g/mol. The summed E-state index contributed by atoms with van der Waals surface area (Å²) in [5.41, 5.74) is 3.51. The minimum Gasteiger partial charge on any atom is -0.497 e. The van der Waals surface area contributed by atoms with E-state index in [1.54, 1.807) is 13.3 Å². The number of benzene rings is 2. The summed E-state index contributed by atoms with van der Waals surface area (Å²) < 4.78 is 22.8. The van der Waals surface area contributed by atoms with Crippen molar-refractivity contribution in [2.45, 2.75) is 6.42 Å². The minimum absolute atomic E-state index is 0.104.